The van der Waals surface area contributed by atoms with Gasteiger partial charge in [0, 0.05) is 11.1 Å². The van der Waals surface area contributed by atoms with Crippen LogP contribution in [0, 0.1) is 11.6 Å². The Kier molecular flexibility index (Phi) is 4.59. The molecule has 2 aromatic rings. The third-order valence-corrected chi connectivity index (χ3v) is 3.24. The summed E-state index contributed by atoms with van der Waals surface area (Å²) in [5, 5.41) is 18.5. The number of nitrogens with two attached hydrogens (primary N) is 1. The van der Waals surface area contributed by atoms with Gasteiger partial charge in [-0.05, 0) is 12.1 Å². The van der Waals surface area contributed by atoms with Gasteiger partial charge in [-0.25, -0.2) is 13.8 Å². The first-order chi connectivity index (χ1) is 11.1. The zero-order chi connectivity index (χ0) is 18.2. The van der Waals surface area contributed by atoms with Gasteiger partial charge in [0.15, 0.2) is 12.1 Å². The van der Waals surface area contributed by atoms with E-state index in [4.69, 9.17) is 5.73 Å². The highest BCUT2D eigenvalue weighted by atomic mass is 19.4. The van der Waals surface area contributed by atoms with Crippen LogP contribution in [0.5, 0.6) is 0 Å². The smallest absolute Gasteiger partial charge is 0.396 e. The van der Waals surface area contributed by atoms with Crippen LogP contribution < -0.4 is 5.73 Å². The molecule has 1 aromatic carbocycles. The van der Waals surface area contributed by atoms with Gasteiger partial charge in [0.25, 0.3) is 0 Å². The number of anilines is 1. The van der Waals surface area contributed by atoms with Crippen molar-refractivity contribution in [2.24, 2.45) is 0 Å². The molecule has 0 aliphatic rings. The molecule has 0 atom stereocenters. The van der Waals surface area contributed by atoms with Crippen molar-refractivity contribution in [1.82, 2.24) is 4.98 Å². The van der Waals surface area contributed by atoms with Crippen molar-refractivity contribution in [2.75, 3.05) is 5.73 Å². The van der Waals surface area contributed by atoms with Crippen LogP contribution >= 0.6 is 0 Å². The second-order valence-corrected chi connectivity index (χ2v) is 4.76. The molecule has 9 heteroatoms. The molecule has 4 N–H and O–H groups in total. The van der Waals surface area contributed by atoms with Crippen molar-refractivity contribution >= 4 is 11.8 Å². The van der Waals surface area contributed by atoms with E-state index >= 15 is 0 Å². The largest absolute Gasteiger partial charge is 0.419 e. The average Bonchev–Trinajstić information content (AvgIpc) is 2.48. The van der Waals surface area contributed by atoms with Crippen LogP contribution in [0.4, 0.5) is 27.6 Å². The first-order valence-corrected chi connectivity index (χ1v) is 6.42. The Morgan fingerprint density at radius 2 is 1.83 bits per heavy atom. The minimum Gasteiger partial charge on any atom is -0.396 e. The van der Waals surface area contributed by atoms with Crippen molar-refractivity contribution in [3.05, 3.63) is 53.2 Å². The van der Waals surface area contributed by atoms with E-state index < -0.39 is 46.7 Å². The third kappa shape index (κ3) is 3.08. The Bertz CT molecular complexity index is 803. The average molecular weight is 346 g/mol. The predicted molar refractivity (Wildman–Crippen MR) is 76.3 cm³/mol. The van der Waals surface area contributed by atoms with E-state index in [-0.39, 0.29) is 11.1 Å². The lowest BCUT2D eigenvalue weighted by molar-refractivity contribution is -0.139. The molecule has 0 saturated carbocycles. The fourth-order valence-corrected chi connectivity index (χ4v) is 2.11. The van der Waals surface area contributed by atoms with E-state index in [0.29, 0.717) is 12.1 Å². The lowest BCUT2D eigenvalue weighted by Gasteiger charge is -2.15. The van der Waals surface area contributed by atoms with Crippen molar-refractivity contribution in [2.45, 2.75) is 12.5 Å². The lowest BCUT2D eigenvalue weighted by atomic mass is 10.0. The number of aromatic nitrogens is 1. The summed E-state index contributed by atoms with van der Waals surface area (Å²) in [6, 6.07) is 1.67. The van der Waals surface area contributed by atoms with E-state index in [1.54, 1.807) is 0 Å². The van der Waals surface area contributed by atoms with Crippen LogP contribution in [0.15, 0.2) is 24.8 Å². The Balaban J connectivity index is 2.69. The second-order valence-electron chi connectivity index (χ2n) is 4.76. The van der Waals surface area contributed by atoms with Gasteiger partial charge in [-0.1, -0.05) is 18.7 Å². The number of benzene rings is 1. The molecule has 0 saturated heterocycles. The monoisotopic (exact) mass is 346 g/mol. The molecular weight excluding hydrogens is 335 g/mol. The standard InChI is InChI=1S/C15H11F5N2O2/c1-2-7-11(21)10(17)12(22-13(7)14(23)24)6-3-4-8(9(16)5-6)15(18,19)20/h2-5,14,23-24H,1H2,(H2,21,22). The summed E-state index contributed by atoms with van der Waals surface area (Å²) < 4.78 is 65.7. The molecule has 0 amide bonds. The molecule has 0 fully saturated rings. The molecule has 0 unspecified atom stereocenters. The van der Waals surface area contributed by atoms with Crippen molar-refractivity contribution in [3.8, 4) is 11.3 Å². The zero-order valence-corrected chi connectivity index (χ0v) is 11.9. The highest BCUT2D eigenvalue weighted by Gasteiger charge is 2.34. The minimum atomic E-state index is -4.91. The molecule has 1 heterocycles. The van der Waals surface area contributed by atoms with E-state index in [2.05, 4.69) is 11.6 Å². The van der Waals surface area contributed by atoms with Crippen LogP contribution in [-0.4, -0.2) is 15.2 Å². The van der Waals surface area contributed by atoms with Gasteiger partial charge < -0.3 is 15.9 Å². The molecule has 2 rings (SSSR count). The molecule has 4 nitrogen and oxygen atoms in total. The van der Waals surface area contributed by atoms with Gasteiger partial charge in [-0.15, -0.1) is 0 Å². The number of halogens is 5. The summed E-state index contributed by atoms with van der Waals surface area (Å²) in [6.07, 6.45) is -6.01. The molecule has 1 aromatic heterocycles. The van der Waals surface area contributed by atoms with Gasteiger partial charge in [-0.3, -0.25) is 0 Å². The number of alkyl halides is 3. The van der Waals surface area contributed by atoms with Gasteiger partial charge in [0.1, 0.15) is 17.2 Å². The van der Waals surface area contributed by atoms with Crippen molar-refractivity contribution < 1.29 is 32.2 Å². The molecule has 128 valence electrons. The molecule has 0 bridgehead atoms. The molecule has 0 aliphatic heterocycles. The van der Waals surface area contributed by atoms with Gasteiger partial charge >= 0.3 is 6.18 Å². The van der Waals surface area contributed by atoms with E-state index in [1.165, 1.54) is 0 Å². The number of rotatable bonds is 3. The van der Waals surface area contributed by atoms with Crippen LogP contribution in [-0.2, 0) is 6.18 Å². The summed E-state index contributed by atoms with van der Waals surface area (Å²) in [5.74, 6) is -2.77. The number of pyridine rings is 1. The van der Waals surface area contributed by atoms with E-state index in [0.717, 1.165) is 12.1 Å². The van der Waals surface area contributed by atoms with E-state index in [9.17, 15) is 32.2 Å². The van der Waals surface area contributed by atoms with Crippen LogP contribution in [0.25, 0.3) is 17.3 Å². The Morgan fingerprint density at radius 3 is 2.29 bits per heavy atom. The Morgan fingerprint density at radius 1 is 1.21 bits per heavy atom. The summed E-state index contributed by atoms with van der Waals surface area (Å²) in [7, 11) is 0. The van der Waals surface area contributed by atoms with Crippen LogP contribution in [0.1, 0.15) is 23.1 Å². The minimum absolute atomic E-state index is 0.182. The Hall–Kier alpha value is -2.52. The summed E-state index contributed by atoms with van der Waals surface area (Å²) in [4.78, 5) is 3.63. The zero-order valence-electron chi connectivity index (χ0n) is 11.9. The van der Waals surface area contributed by atoms with Crippen molar-refractivity contribution in [1.29, 1.82) is 0 Å². The first kappa shape index (κ1) is 17.8. The highest BCUT2D eigenvalue weighted by Crippen LogP contribution is 2.35. The maximum Gasteiger partial charge on any atom is 0.419 e. The molecule has 0 spiro atoms. The maximum absolute atomic E-state index is 14.3. The number of hydrogen-bond acceptors (Lipinski definition) is 4. The summed E-state index contributed by atoms with van der Waals surface area (Å²) >= 11 is 0. The maximum atomic E-state index is 14.3. The topological polar surface area (TPSA) is 79.4 Å². The van der Waals surface area contributed by atoms with E-state index in [1.807, 2.05) is 0 Å². The lowest BCUT2D eigenvalue weighted by Crippen LogP contribution is -2.10. The molecule has 0 aliphatic carbocycles. The van der Waals surface area contributed by atoms with Crippen molar-refractivity contribution in [3.63, 3.8) is 0 Å². The number of nitrogens with zero attached hydrogens (tertiary/aromatic N) is 1. The van der Waals surface area contributed by atoms with Crippen LogP contribution in [0.3, 0.4) is 0 Å². The second kappa shape index (κ2) is 6.17. The summed E-state index contributed by atoms with van der Waals surface area (Å²) in [5.41, 5.74) is 1.86. The number of aliphatic hydroxyl groups is 2. The molecule has 0 radical (unpaired) electrons. The van der Waals surface area contributed by atoms with Gasteiger partial charge in [0.2, 0.25) is 0 Å². The fourth-order valence-electron chi connectivity index (χ4n) is 2.11. The number of aliphatic hydroxyl groups excluding tert-OH is 1. The highest BCUT2D eigenvalue weighted by molar-refractivity contribution is 5.73. The molecular formula is C15H11F5N2O2. The Labute approximate surface area is 132 Å². The predicted octanol–water partition coefficient (Wildman–Crippen LogP) is 3.25. The molecule has 24 heavy (non-hydrogen) atoms. The summed E-state index contributed by atoms with van der Waals surface area (Å²) in [6.45, 7) is 3.34. The fraction of sp³-hybridized carbons (Fsp3) is 0.133. The SMILES string of the molecule is C=Cc1c(C(O)O)nc(-c2ccc(C(F)(F)F)c(F)c2)c(F)c1N. The number of nitrogen functional groups attached to an aromatic ring is 1. The normalized spacial score (nSPS) is 11.8. The van der Waals surface area contributed by atoms with Gasteiger partial charge in [-0.2, -0.15) is 13.2 Å². The quantitative estimate of drug-likeness (QED) is 0.589. The van der Waals surface area contributed by atoms with Crippen LogP contribution in [0.2, 0.25) is 0 Å². The number of hydrogen-bond donors (Lipinski definition) is 3. The first-order valence-electron chi connectivity index (χ1n) is 6.42. The third-order valence-electron chi connectivity index (χ3n) is 3.24. The van der Waals surface area contributed by atoms with Gasteiger partial charge in [0.05, 0.1) is 11.3 Å².